The highest BCUT2D eigenvalue weighted by atomic mass is 16.5. The molecule has 1 aliphatic carbocycles. The molecule has 3 rings (SSSR count). The van der Waals surface area contributed by atoms with Gasteiger partial charge >= 0.3 is 0 Å². The summed E-state index contributed by atoms with van der Waals surface area (Å²) in [6, 6.07) is 2.31. The Hall–Kier alpha value is -2.11. The SMILES string of the molecule is Cc1cc(C)n(Cc2c(C(=O)NC3CC3)noc2C)n1. The summed E-state index contributed by atoms with van der Waals surface area (Å²) in [6.07, 6.45) is 2.10. The van der Waals surface area contributed by atoms with E-state index >= 15 is 0 Å². The van der Waals surface area contributed by atoms with E-state index in [1.54, 1.807) is 0 Å². The van der Waals surface area contributed by atoms with Gasteiger partial charge < -0.3 is 9.84 Å². The number of aromatic nitrogens is 3. The Bertz CT molecular complexity index is 652. The van der Waals surface area contributed by atoms with Crippen molar-refractivity contribution in [2.45, 2.75) is 46.2 Å². The average Bonchev–Trinajstić information content (AvgIpc) is 3.04. The molecule has 1 fully saturated rings. The maximum atomic E-state index is 12.1. The zero-order chi connectivity index (χ0) is 14.3. The van der Waals surface area contributed by atoms with Crippen LogP contribution in [0.25, 0.3) is 0 Å². The van der Waals surface area contributed by atoms with Gasteiger partial charge in [0.05, 0.1) is 12.2 Å². The Labute approximate surface area is 117 Å². The predicted molar refractivity (Wildman–Crippen MR) is 72.5 cm³/mol. The molecule has 6 nitrogen and oxygen atoms in total. The van der Waals surface area contributed by atoms with Crippen LogP contribution in [0.3, 0.4) is 0 Å². The van der Waals surface area contributed by atoms with Crippen LogP contribution in [0.1, 0.15) is 46.0 Å². The van der Waals surface area contributed by atoms with Crippen LogP contribution >= 0.6 is 0 Å². The van der Waals surface area contributed by atoms with Gasteiger partial charge in [-0.15, -0.1) is 0 Å². The number of rotatable bonds is 4. The summed E-state index contributed by atoms with van der Waals surface area (Å²) in [4.78, 5) is 12.1. The molecule has 1 aliphatic rings. The second-order valence-electron chi connectivity index (χ2n) is 5.40. The fourth-order valence-corrected chi connectivity index (χ4v) is 2.22. The van der Waals surface area contributed by atoms with Crippen LogP contribution in [-0.4, -0.2) is 26.9 Å². The molecular weight excluding hydrogens is 256 g/mol. The van der Waals surface area contributed by atoms with E-state index in [1.165, 1.54) is 0 Å². The van der Waals surface area contributed by atoms with Crippen molar-refractivity contribution in [1.82, 2.24) is 20.3 Å². The molecule has 0 bridgehead atoms. The van der Waals surface area contributed by atoms with Crippen molar-refractivity contribution in [3.05, 3.63) is 34.5 Å². The average molecular weight is 274 g/mol. The molecule has 0 spiro atoms. The van der Waals surface area contributed by atoms with E-state index in [0.29, 0.717) is 24.0 Å². The Morgan fingerprint density at radius 1 is 1.45 bits per heavy atom. The maximum Gasteiger partial charge on any atom is 0.274 e. The molecule has 20 heavy (non-hydrogen) atoms. The highest BCUT2D eigenvalue weighted by molar-refractivity contribution is 5.94. The second kappa shape index (κ2) is 4.77. The van der Waals surface area contributed by atoms with Gasteiger partial charge in [-0.1, -0.05) is 5.16 Å². The number of aryl methyl sites for hydroxylation is 3. The lowest BCUT2D eigenvalue weighted by Crippen LogP contribution is -2.27. The lowest BCUT2D eigenvalue weighted by atomic mass is 10.2. The van der Waals surface area contributed by atoms with Crippen LogP contribution in [0.5, 0.6) is 0 Å². The molecule has 106 valence electrons. The Morgan fingerprint density at radius 3 is 2.80 bits per heavy atom. The van der Waals surface area contributed by atoms with Crippen molar-refractivity contribution in [2.75, 3.05) is 0 Å². The van der Waals surface area contributed by atoms with Gasteiger partial charge in [0.2, 0.25) is 0 Å². The summed E-state index contributed by atoms with van der Waals surface area (Å²) in [5, 5.41) is 11.3. The van der Waals surface area contributed by atoms with Gasteiger partial charge in [0.25, 0.3) is 5.91 Å². The fourth-order valence-electron chi connectivity index (χ4n) is 2.22. The number of nitrogens with one attached hydrogen (secondary N) is 1. The normalized spacial score (nSPS) is 14.6. The van der Waals surface area contributed by atoms with Gasteiger partial charge in [0.15, 0.2) is 5.69 Å². The van der Waals surface area contributed by atoms with Gasteiger partial charge in [0.1, 0.15) is 5.76 Å². The smallest absolute Gasteiger partial charge is 0.274 e. The standard InChI is InChI=1S/C14H18N4O2/c1-8-6-9(2)18(16-8)7-12-10(3)20-17-13(12)14(19)15-11-4-5-11/h6,11H,4-5,7H2,1-3H3,(H,15,19). The molecule has 0 radical (unpaired) electrons. The second-order valence-corrected chi connectivity index (χ2v) is 5.40. The third kappa shape index (κ3) is 2.45. The molecule has 1 amide bonds. The van der Waals surface area contributed by atoms with Crippen molar-refractivity contribution < 1.29 is 9.32 Å². The van der Waals surface area contributed by atoms with E-state index in [9.17, 15) is 4.79 Å². The number of nitrogens with zero attached hydrogens (tertiary/aromatic N) is 3. The quantitative estimate of drug-likeness (QED) is 0.921. The van der Waals surface area contributed by atoms with Crippen LogP contribution in [0.4, 0.5) is 0 Å². The Morgan fingerprint density at radius 2 is 2.20 bits per heavy atom. The van der Waals surface area contributed by atoms with Gasteiger partial charge in [-0.3, -0.25) is 9.48 Å². The molecule has 6 heteroatoms. The molecule has 0 saturated heterocycles. The molecular formula is C14H18N4O2. The first kappa shape index (κ1) is 12.9. The zero-order valence-electron chi connectivity index (χ0n) is 11.9. The van der Waals surface area contributed by atoms with Crippen LogP contribution < -0.4 is 5.32 Å². The van der Waals surface area contributed by atoms with E-state index in [1.807, 2.05) is 31.5 Å². The maximum absolute atomic E-state index is 12.1. The van der Waals surface area contributed by atoms with Crippen molar-refractivity contribution in [1.29, 1.82) is 0 Å². The summed E-state index contributed by atoms with van der Waals surface area (Å²) < 4.78 is 7.05. The minimum Gasteiger partial charge on any atom is -0.361 e. The molecule has 2 heterocycles. The molecule has 0 aromatic carbocycles. The summed E-state index contributed by atoms with van der Waals surface area (Å²) in [7, 11) is 0. The lowest BCUT2D eigenvalue weighted by molar-refractivity contribution is 0.0941. The molecule has 0 unspecified atom stereocenters. The molecule has 1 saturated carbocycles. The summed E-state index contributed by atoms with van der Waals surface area (Å²) in [5.74, 6) is 0.513. The topological polar surface area (TPSA) is 73.0 Å². The highest BCUT2D eigenvalue weighted by Gasteiger charge is 2.27. The van der Waals surface area contributed by atoms with Gasteiger partial charge in [-0.25, -0.2) is 0 Å². The third-order valence-corrected chi connectivity index (χ3v) is 3.52. The Kier molecular flexibility index (Phi) is 3.08. The number of hydrogen-bond donors (Lipinski definition) is 1. The Balaban J connectivity index is 1.86. The minimum atomic E-state index is -0.152. The molecule has 0 aliphatic heterocycles. The largest absolute Gasteiger partial charge is 0.361 e. The van der Waals surface area contributed by atoms with Crippen molar-refractivity contribution in [2.24, 2.45) is 0 Å². The first-order chi connectivity index (χ1) is 9.54. The van der Waals surface area contributed by atoms with Crippen LogP contribution in [0.15, 0.2) is 10.6 Å². The highest BCUT2D eigenvalue weighted by Crippen LogP contribution is 2.21. The van der Waals surface area contributed by atoms with E-state index in [2.05, 4.69) is 15.6 Å². The molecule has 2 aromatic heterocycles. The predicted octanol–water partition coefficient (Wildman–Crippen LogP) is 1.74. The molecule has 0 atom stereocenters. The fraction of sp³-hybridized carbons (Fsp3) is 0.500. The lowest BCUT2D eigenvalue weighted by Gasteiger charge is -2.05. The zero-order valence-corrected chi connectivity index (χ0v) is 11.9. The third-order valence-electron chi connectivity index (χ3n) is 3.52. The monoisotopic (exact) mass is 274 g/mol. The van der Waals surface area contributed by atoms with Crippen molar-refractivity contribution in [3.63, 3.8) is 0 Å². The number of carbonyl (C=O) groups is 1. The molecule has 2 aromatic rings. The summed E-state index contributed by atoms with van der Waals surface area (Å²) in [6.45, 7) is 6.27. The number of amides is 1. The first-order valence-electron chi connectivity index (χ1n) is 6.81. The van der Waals surface area contributed by atoms with E-state index in [0.717, 1.165) is 29.8 Å². The van der Waals surface area contributed by atoms with Crippen LogP contribution in [0, 0.1) is 20.8 Å². The van der Waals surface area contributed by atoms with E-state index < -0.39 is 0 Å². The van der Waals surface area contributed by atoms with Gasteiger partial charge in [0, 0.05) is 17.3 Å². The molecule has 1 N–H and O–H groups in total. The summed E-state index contributed by atoms with van der Waals surface area (Å²) >= 11 is 0. The van der Waals surface area contributed by atoms with E-state index in [-0.39, 0.29) is 5.91 Å². The van der Waals surface area contributed by atoms with Crippen molar-refractivity contribution in [3.8, 4) is 0 Å². The number of hydrogen-bond acceptors (Lipinski definition) is 4. The van der Waals surface area contributed by atoms with E-state index in [4.69, 9.17) is 4.52 Å². The van der Waals surface area contributed by atoms with Crippen LogP contribution in [0.2, 0.25) is 0 Å². The van der Waals surface area contributed by atoms with Gasteiger partial charge in [-0.05, 0) is 39.7 Å². The van der Waals surface area contributed by atoms with Crippen LogP contribution in [-0.2, 0) is 6.54 Å². The number of carbonyl (C=O) groups excluding carboxylic acids is 1. The summed E-state index contributed by atoms with van der Waals surface area (Å²) in [5.41, 5.74) is 3.19. The first-order valence-corrected chi connectivity index (χ1v) is 6.81. The van der Waals surface area contributed by atoms with Gasteiger partial charge in [-0.2, -0.15) is 5.10 Å². The van der Waals surface area contributed by atoms with Crippen molar-refractivity contribution >= 4 is 5.91 Å². The minimum absolute atomic E-state index is 0.152.